The lowest BCUT2D eigenvalue weighted by molar-refractivity contribution is -0.104. The number of hydrogen-bond acceptors (Lipinski definition) is 1. The maximum atomic E-state index is 9.89. The summed E-state index contributed by atoms with van der Waals surface area (Å²) in [6.45, 7) is 2.23. The number of rotatable bonds is 8. The van der Waals surface area contributed by atoms with Gasteiger partial charge < -0.3 is 0 Å². The van der Waals surface area contributed by atoms with E-state index in [0.29, 0.717) is 0 Å². The van der Waals surface area contributed by atoms with Crippen molar-refractivity contribution >= 4 is 6.29 Å². The summed E-state index contributed by atoms with van der Waals surface area (Å²) in [5.41, 5.74) is 0. The van der Waals surface area contributed by atoms with E-state index in [1.54, 1.807) is 6.08 Å². The van der Waals surface area contributed by atoms with Crippen LogP contribution in [0, 0.1) is 0 Å². The van der Waals surface area contributed by atoms with Crippen molar-refractivity contribution in [3.8, 4) is 0 Å². The summed E-state index contributed by atoms with van der Waals surface area (Å²) < 4.78 is 0. The van der Waals surface area contributed by atoms with Gasteiger partial charge in [-0.1, -0.05) is 50.8 Å². The molecule has 0 aromatic carbocycles. The molecule has 0 rings (SSSR count). The van der Waals surface area contributed by atoms with Gasteiger partial charge in [-0.25, -0.2) is 0 Å². The van der Waals surface area contributed by atoms with Gasteiger partial charge >= 0.3 is 0 Å². The first-order valence-corrected chi connectivity index (χ1v) is 5.18. The lowest BCUT2D eigenvalue weighted by atomic mass is 10.1. The molecule has 0 atom stereocenters. The zero-order valence-corrected chi connectivity index (χ0v) is 8.54. The van der Waals surface area contributed by atoms with E-state index in [-0.39, 0.29) is 0 Å². The van der Waals surface area contributed by atoms with Crippen molar-refractivity contribution in [3.05, 3.63) is 24.3 Å². The monoisotopic (exact) mass is 180 g/mol. The van der Waals surface area contributed by atoms with E-state index in [9.17, 15) is 4.79 Å². The molecule has 0 saturated carbocycles. The molecule has 0 aliphatic carbocycles. The quantitative estimate of drug-likeness (QED) is 0.241. The highest BCUT2D eigenvalue weighted by atomic mass is 16.1. The third kappa shape index (κ3) is 11.1. The van der Waals surface area contributed by atoms with E-state index in [2.05, 4.69) is 13.0 Å². The van der Waals surface area contributed by atoms with Crippen LogP contribution in [0.3, 0.4) is 0 Å². The molecule has 0 bridgehead atoms. The topological polar surface area (TPSA) is 17.1 Å². The predicted molar refractivity (Wildman–Crippen MR) is 57.7 cm³/mol. The van der Waals surface area contributed by atoms with Crippen LogP contribution in [0.5, 0.6) is 0 Å². The van der Waals surface area contributed by atoms with Gasteiger partial charge in [-0.2, -0.15) is 0 Å². The fraction of sp³-hybridized carbons (Fsp3) is 0.583. The van der Waals surface area contributed by atoms with Crippen LogP contribution in [0.2, 0.25) is 0 Å². The average Bonchev–Trinajstić information content (AvgIpc) is 2.16. The van der Waals surface area contributed by atoms with Crippen LogP contribution >= 0.6 is 0 Å². The first kappa shape index (κ1) is 12.2. The zero-order valence-electron chi connectivity index (χ0n) is 8.54. The van der Waals surface area contributed by atoms with Crippen molar-refractivity contribution in [2.75, 3.05) is 0 Å². The van der Waals surface area contributed by atoms with Crippen LogP contribution in [0.25, 0.3) is 0 Å². The second-order valence-corrected chi connectivity index (χ2v) is 3.15. The van der Waals surface area contributed by atoms with E-state index in [0.717, 1.165) is 12.7 Å². The Morgan fingerprint density at radius 1 is 0.923 bits per heavy atom. The van der Waals surface area contributed by atoms with Gasteiger partial charge in [0.05, 0.1) is 0 Å². The summed E-state index contributed by atoms with van der Waals surface area (Å²) in [4.78, 5) is 9.89. The van der Waals surface area contributed by atoms with Crippen LogP contribution < -0.4 is 0 Å². The van der Waals surface area contributed by atoms with Crippen LogP contribution in [0.1, 0.15) is 45.4 Å². The molecule has 0 aromatic rings. The zero-order chi connectivity index (χ0) is 9.78. The summed E-state index contributed by atoms with van der Waals surface area (Å²) in [6.07, 6.45) is 15.9. The Morgan fingerprint density at radius 2 is 1.69 bits per heavy atom. The molecule has 0 unspecified atom stereocenters. The maximum Gasteiger partial charge on any atom is 0.142 e. The van der Waals surface area contributed by atoms with Gasteiger partial charge in [-0.15, -0.1) is 0 Å². The highest BCUT2D eigenvalue weighted by Crippen LogP contribution is 2.05. The van der Waals surface area contributed by atoms with E-state index in [1.807, 2.05) is 6.08 Å². The van der Waals surface area contributed by atoms with Crippen LogP contribution in [0.15, 0.2) is 24.3 Å². The third-order valence-electron chi connectivity index (χ3n) is 1.91. The number of aldehydes is 1. The molecule has 0 aromatic heterocycles. The Kier molecular flexibility index (Phi) is 10.4. The summed E-state index contributed by atoms with van der Waals surface area (Å²) in [7, 11) is 0. The predicted octanol–water partition coefficient (Wildman–Crippen LogP) is 3.66. The second kappa shape index (κ2) is 11.2. The fourth-order valence-electron chi connectivity index (χ4n) is 1.15. The Balaban J connectivity index is 3.10. The SMILES string of the molecule is CCCCCCCC=C/C=C/C=O. The molecule has 0 heterocycles. The molecule has 1 nitrogen and oxygen atoms in total. The third-order valence-corrected chi connectivity index (χ3v) is 1.91. The molecule has 1 heteroatoms. The standard InChI is InChI=1S/C12H20O/c1-2-3-4-5-6-7-8-9-10-11-12-13/h8-12H,2-7H2,1H3/b9-8?,11-10+. The van der Waals surface area contributed by atoms with Crippen molar-refractivity contribution in [1.29, 1.82) is 0 Å². The summed E-state index contributed by atoms with van der Waals surface area (Å²) in [5, 5.41) is 0. The van der Waals surface area contributed by atoms with Gasteiger partial charge in [0, 0.05) is 0 Å². The molecule has 0 amide bonds. The van der Waals surface area contributed by atoms with E-state index < -0.39 is 0 Å². The minimum atomic E-state index is 0.797. The smallest absolute Gasteiger partial charge is 0.142 e. The van der Waals surface area contributed by atoms with Gasteiger partial charge in [0.25, 0.3) is 0 Å². The number of carbonyl (C=O) groups excluding carboxylic acids is 1. The van der Waals surface area contributed by atoms with Crippen molar-refractivity contribution in [2.45, 2.75) is 45.4 Å². The van der Waals surface area contributed by atoms with Crippen molar-refractivity contribution in [1.82, 2.24) is 0 Å². The van der Waals surface area contributed by atoms with Gasteiger partial charge in [0.2, 0.25) is 0 Å². The first-order valence-electron chi connectivity index (χ1n) is 5.18. The largest absolute Gasteiger partial charge is 0.299 e. The minimum Gasteiger partial charge on any atom is -0.299 e. The number of unbranched alkanes of at least 4 members (excludes halogenated alkanes) is 5. The van der Waals surface area contributed by atoms with Crippen LogP contribution in [-0.2, 0) is 4.79 Å². The molecule has 13 heavy (non-hydrogen) atoms. The van der Waals surface area contributed by atoms with E-state index >= 15 is 0 Å². The van der Waals surface area contributed by atoms with Gasteiger partial charge in [0.15, 0.2) is 0 Å². The Hall–Kier alpha value is -0.850. The number of hydrogen-bond donors (Lipinski definition) is 0. The maximum absolute atomic E-state index is 9.89. The molecule has 0 N–H and O–H groups in total. The van der Waals surface area contributed by atoms with Crippen LogP contribution in [0.4, 0.5) is 0 Å². The molecule has 0 aliphatic heterocycles. The summed E-state index contributed by atoms with van der Waals surface area (Å²) >= 11 is 0. The van der Waals surface area contributed by atoms with Gasteiger partial charge in [0.1, 0.15) is 6.29 Å². The molecule has 0 aliphatic rings. The minimum absolute atomic E-state index is 0.797. The van der Waals surface area contributed by atoms with Crippen molar-refractivity contribution in [3.63, 3.8) is 0 Å². The molecular weight excluding hydrogens is 160 g/mol. The highest BCUT2D eigenvalue weighted by molar-refractivity contribution is 5.65. The van der Waals surface area contributed by atoms with E-state index in [1.165, 1.54) is 38.2 Å². The molecule has 0 fully saturated rings. The van der Waals surface area contributed by atoms with Gasteiger partial charge in [-0.3, -0.25) is 4.79 Å². The lowest BCUT2D eigenvalue weighted by Crippen LogP contribution is -1.75. The Morgan fingerprint density at radius 3 is 2.38 bits per heavy atom. The lowest BCUT2D eigenvalue weighted by Gasteiger charge is -1.95. The second-order valence-electron chi connectivity index (χ2n) is 3.15. The number of carbonyl (C=O) groups is 1. The molecule has 0 radical (unpaired) electrons. The average molecular weight is 180 g/mol. The highest BCUT2D eigenvalue weighted by Gasteiger charge is 1.85. The first-order chi connectivity index (χ1) is 6.41. The van der Waals surface area contributed by atoms with Gasteiger partial charge in [-0.05, 0) is 18.9 Å². The van der Waals surface area contributed by atoms with E-state index in [4.69, 9.17) is 0 Å². The van der Waals surface area contributed by atoms with Crippen LogP contribution in [-0.4, -0.2) is 6.29 Å². The molecule has 74 valence electrons. The molecule has 0 spiro atoms. The summed E-state index contributed by atoms with van der Waals surface area (Å²) in [6, 6.07) is 0. The number of allylic oxidation sites excluding steroid dienone is 4. The molecular formula is C12H20O. The van der Waals surface area contributed by atoms with Crippen molar-refractivity contribution < 1.29 is 4.79 Å². The normalized spacial score (nSPS) is 11.5. The molecule has 0 saturated heterocycles. The fourth-order valence-corrected chi connectivity index (χ4v) is 1.15. The Labute approximate surface area is 81.5 Å². The van der Waals surface area contributed by atoms with Crippen molar-refractivity contribution in [2.24, 2.45) is 0 Å². The Bertz CT molecular complexity index is 157. The summed E-state index contributed by atoms with van der Waals surface area (Å²) in [5.74, 6) is 0.